The van der Waals surface area contributed by atoms with Gasteiger partial charge in [-0.3, -0.25) is 10.1 Å². The highest BCUT2D eigenvalue weighted by Crippen LogP contribution is 2.34. The lowest BCUT2D eigenvalue weighted by atomic mass is 9.86. The van der Waals surface area contributed by atoms with Gasteiger partial charge >= 0.3 is 5.97 Å². The van der Waals surface area contributed by atoms with Crippen molar-refractivity contribution >= 4 is 28.0 Å². The predicted molar refractivity (Wildman–Crippen MR) is 113 cm³/mol. The zero-order valence-electron chi connectivity index (χ0n) is 16.6. The van der Waals surface area contributed by atoms with Gasteiger partial charge in [0, 0.05) is 16.1 Å². The normalized spacial score (nSPS) is 11.3. The largest absolute Gasteiger partial charge is 0.493 e. The molecule has 0 aliphatic rings. The second-order valence-electron chi connectivity index (χ2n) is 7.16. The first-order valence-electron chi connectivity index (χ1n) is 8.73. The molecule has 154 valence electrons. The van der Waals surface area contributed by atoms with Crippen LogP contribution in [0.4, 0.5) is 0 Å². The molecule has 0 unspecified atom stereocenters. The summed E-state index contributed by atoms with van der Waals surface area (Å²) in [5.41, 5.74) is 1.33. The molecule has 0 N–H and O–H groups in total. The van der Waals surface area contributed by atoms with E-state index in [9.17, 15) is 14.9 Å². The topological polar surface area (TPSA) is 87.9 Å². The van der Waals surface area contributed by atoms with Gasteiger partial charge in [0.2, 0.25) is 6.20 Å². The van der Waals surface area contributed by atoms with Gasteiger partial charge in [-0.05, 0) is 41.3 Å². The van der Waals surface area contributed by atoms with Gasteiger partial charge in [-0.25, -0.2) is 4.79 Å². The fraction of sp³-hybridized carbons (Fsp3) is 0.286. The first-order valence-corrected chi connectivity index (χ1v) is 9.52. The number of ether oxygens (including phenoxy) is 3. The lowest BCUT2D eigenvalue weighted by Crippen LogP contribution is -2.20. The minimum atomic E-state index is -0.598. The van der Waals surface area contributed by atoms with Gasteiger partial charge in [-0.1, -0.05) is 42.8 Å². The van der Waals surface area contributed by atoms with Crippen molar-refractivity contribution in [3.8, 4) is 17.2 Å². The molecule has 0 aliphatic heterocycles. The number of benzene rings is 2. The minimum absolute atomic E-state index is 0.167. The molecule has 0 bridgehead atoms. The molecular weight excluding hydrogens is 442 g/mol. The van der Waals surface area contributed by atoms with Crippen molar-refractivity contribution in [2.75, 3.05) is 13.7 Å². The molecule has 2 rings (SSSR count). The third-order valence-corrected chi connectivity index (χ3v) is 4.39. The molecule has 0 aliphatic carbocycles. The van der Waals surface area contributed by atoms with Crippen LogP contribution in [0.5, 0.6) is 17.2 Å². The Morgan fingerprint density at radius 2 is 1.83 bits per heavy atom. The molecule has 29 heavy (non-hydrogen) atoms. The molecule has 0 atom stereocenters. The maximum Gasteiger partial charge on any atom is 0.349 e. The fourth-order valence-electron chi connectivity index (χ4n) is 2.52. The zero-order chi connectivity index (χ0) is 21.6. The number of halogens is 1. The summed E-state index contributed by atoms with van der Waals surface area (Å²) in [5.74, 6) is 0.485. The number of carbonyl (C=O) groups excluding carboxylic acids is 1. The summed E-state index contributed by atoms with van der Waals surface area (Å²) in [6, 6.07) is 10.2. The third-order valence-electron chi connectivity index (χ3n) is 3.90. The van der Waals surface area contributed by atoms with Gasteiger partial charge in [-0.15, -0.1) is 0 Å². The van der Waals surface area contributed by atoms with Gasteiger partial charge in [-0.2, -0.15) is 0 Å². The minimum Gasteiger partial charge on any atom is -0.493 e. The number of methoxy groups -OCH3 is 1. The van der Waals surface area contributed by atoms with Crippen molar-refractivity contribution in [3.63, 3.8) is 0 Å². The highest BCUT2D eigenvalue weighted by Gasteiger charge is 2.20. The van der Waals surface area contributed by atoms with Crippen molar-refractivity contribution in [2.24, 2.45) is 0 Å². The first kappa shape index (κ1) is 22.4. The van der Waals surface area contributed by atoms with E-state index in [1.54, 1.807) is 12.1 Å². The molecule has 0 fully saturated rings. The van der Waals surface area contributed by atoms with Crippen LogP contribution in [0.3, 0.4) is 0 Å². The van der Waals surface area contributed by atoms with Crippen molar-refractivity contribution in [1.82, 2.24) is 0 Å². The average Bonchev–Trinajstić information content (AvgIpc) is 2.65. The van der Waals surface area contributed by atoms with Crippen molar-refractivity contribution in [1.29, 1.82) is 0 Å². The summed E-state index contributed by atoms with van der Waals surface area (Å²) < 4.78 is 17.2. The van der Waals surface area contributed by atoms with Crippen LogP contribution in [-0.2, 0) is 10.2 Å². The Hall–Kier alpha value is -2.87. The van der Waals surface area contributed by atoms with E-state index < -0.39 is 10.9 Å². The van der Waals surface area contributed by atoms with Crippen molar-refractivity contribution in [2.45, 2.75) is 26.2 Å². The van der Waals surface area contributed by atoms with E-state index in [2.05, 4.69) is 36.7 Å². The Morgan fingerprint density at radius 1 is 1.14 bits per heavy atom. The number of carbonyl (C=O) groups is 1. The second kappa shape index (κ2) is 9.56. The van der Waals surface area contributed by atoms with Gasteiger partial charge < -0.3 is 14.2 Å². The van der Waals surface area contributed by atoms with E-state index in [1.165, 1.54) is 25.3 Å². The molecule has 8 heteroatoms. The molecule has 0 aromatic heterocycles. The molecule has 0 saturated heterocycles. The summed E-state index contributed by atoms with van der Waals surface area (Å²) in [5, 5.41) is 10.4. The molecule has 0 saturated carbocycles. The number of esters is 1. The van der Waals surface area contributed by atoms with Gasteiger partial charge in [0.25, 0.3) is 0 Å². The lowest BCUT2D eigenvalue weighted by molar-refractivity contribution is -0.400. The fourth-order valence-corrected chi connectivity index (χ4v) is 2.88. The van der Waals surface area contributed by atoms with Gasteiger partial charge in [0.1, 0.15) is 5.75 Å². The molecule has 2 aromatic rings. The molecular formula is C21H22BrNO6. The van der Waals surface area contributed by atoms with Crippen LogP contribution in [0.15, 0.2) is 47.1 Å². The average molecular weight is 464 g/mol. The molecule has 2 aromatic carbocycles. The lowest BCUT2D eigenvalue weighted by Gasteiger charge is -2.23. The Bertz CT molecular complexity index is 933. The summed E-state index contributed by atoms with van der Waals surface area (Å²) in [6.07, 6.45) is 2.14. The SMILES string of the molecule is COc1cc(/C=C/[N+](=O)[O-])ccc1OC(=O)COc1ccc(Br)cc1C(C)(C)C. The molecule has 0 heterocycles. The summed E-state index contributed by atoms with van der Waals surface area (Å²) in [6.45, 7) is 5.89. The van der Waals surface area contributed by atoms with Crippen LogP contribution in [0.2, 0.25) is 0 Å². The quantitative estimate of drug-likeness (QED) is 0.248. The number of nitrogens with zero attached hydrogens (tertiary/aromatic N) is 1. The van der Waals surface area contributed by atoms with Crippen molar-refractivity contribution < 1.29 is 23.9 Å². The monoisotopic (exact) mass is 463 g/mol. The summed E-state index contributed by atoms with van der Waals surface area (Å²) in [7, 11) is 1.42. The third kappa shape index (κ3) is 6.60. The van der Waals surface area contributed by atoms with E-state index in [1.807, 2.05) is 12.1 Å². The van der Waals surface area contributed by atoms with Crippen LogP contribution in [0.25, 0.3) is 6.08 Å². The van der Waals surface area contributed by atoms with Gasteiger partial charge in [0.15, 0.2) is 18.1 Å². The second-order valence-corrected chi connectivity index (χ2v) is 8.08. The molecule has 0 amide bonds. The standard InChI is InChI=1S/C21H22BrNO6/c1-21(2,3)16-12-15(22)6-8-17(16)28-13-20(24)29-18-7-5-14(9-10-23(25)26)11-19(18)27-4/h5-12H,13H2,1-4H3/b10-9+. The number of hydrogen-bond acceptors (Lipinski definition) is 6. The Labute approximate surface area is 177 Å². The van der Waals surface area contributed by atoms with E-state index in [0.717, 1.165) is 16.2 Å². The van der Waals surface area contributed by atoms with Gasteiger partial charge in [0.05, 0.1) is 12.0 Å². The highest BCUT2D eigenvalue weighted by molar-refractivity contribution is 9.10. The molecule has 7 nitrogen and oxygen atoms in total. The predicted octanol–water partition coefficient (Wildman–Crippen LogP) is 4.99. The van der Waals surface area contributed by atoms with Crippen LogP contribution in [0.1, 0.15) is 31.9 Å². The summed E-state index contributed by atoms with van der Waals surface area (Å²) >= 11 is 3.45. The van der Waals surface area contributed by atoms with E-state index >= 15 is 0 Å². The van der Waals surface area contributed by atoms with Crippen LogP contribution in [-0.4, -0.2) is 24.6 Å². The Morgan fingerprint density at radius 3 is 2.45 bits per heavy atom. The highest BCUT2D eigenvalue weighted by atomic mass is 79.9. The summed E-state index contributed by atoms with van der Waals surface area (Å²) in [4.78, 5) is 22.1. The van der Waals surface area contributed by atoms with E-state index in [0.29, 0.717) is 11.3 Å². The Balaban J connectivity index is 2.09. The molecule has 0 radical (unpaired) electrons. The number of nitro groups is 1. The van der Waals surface area contributed by atoms with Crippen LogP contribution in [0, 0.1) is 10.1 Å². The van der Waals surface area contributed by atoms with E-state index in [4.69, 9.17) is 14.2 Å². The zero-order valence-corrected chi connectivity index (χ0v) is 18.2. The van der Waals surface area contributed by atoms with Crippen molar-refractivity contribution in [3.05, 3.63) is 68.3 Å². The Kier molecular flexibility index (Phi) is 7.39. The smallest absolute Gasteiger partial charge is 0.349 e. The van der Waals surface area contributed by atoms with E-state index in [-0.39, 0.29) is 23.5 Å². The molecule has 0 spiro atoms. The first-order chi connectivity index (χ1) is 13.6. The maximum absolute atomic E-state index is 12.3. The maximum atomic E-state index is 12.3. The van der Waals surface area contributed by atoms with Crippen LogP contribution < -0.4 is 14.2 Å². The van der Waals surface area contributed by atoms with Crippen LogP contribution >= 0.6 is 15.9 Å². The number of hydrogen-bond donors (Lipinski definition) is 0. The number of rotatable bonds is 7.